The first kappa shape index (κ1) is 16.3. The van der Waals surface area contributed by atoms with Crippen LogP contribution in [-0.4, -0.2) is 12.5 Å². The summed E-state index contributed by atoms with van der Waals surface area (Å²) in [4.78, 5) is 11.5. The van der Waals surface area contributed by atoms with Gasteiger partial charge in [0, 0.05) is 16.8 Å². The van der Waals surface area contributed by atoms with Gasteiger partial charge in [0.05, 0.1) is 6.42 Å². The zero-order chi connectivity index (χ0) is 15.6. The molecule has 1 unspecified atom stereocenters. The highest BCUT2D eigenvalue weighted by Crippen LogP contribution is 2.37. The average Bonchev–Trinajstić information content (AvgIpc) is 2.71. The van der Waals surface area contributed by atoms with E-state index in [1.165, 1.54) is 0 Å². The minimum absolute atomic E-state index is 0.0482. The number of anilines is 1. The maximum atomic E-state index is 11.5. The molecule has 0 fully saturated rings. The van der Waals surface area contributed by atoms with E-state index in [1.807, 2.05) is 6.07 Å². The predicted octanol–water partition coefficient (Wildman–Crippen LogP) is 4.31. The lowest BCUT2D eigenvalue weighted by Crippen LogP contribution is -2.26. The van der Waals surface area contributed by atoms with E-state index < -0.39 is 0 Å². The minimum atomic E-state index is 0.0482. The van der Waals surface area contributed by atoms with Crippen LogP contribution in [0.3, 0.4) is 0 Å². The highest BCUT2D eigenvalue weighted by Gasteiger charge is 2.25. The Morgan fingerprint density at radius 2 is 2.10 bits per heavy atom. The molecule has 0 saturated heterocycles. The summed E-state index contributed by atoms with van der Waals surface area (Å²) in [6, 6.07) is 4.20. The Hall–Kier alpha value is -1.06. The maximum Gasteiger partial charge on any atom is 0.228 e. The molecule has 1 heterocycles. The van der Waals surface area contributed by atoms with Gasteiger partial charge in [-0.25, -0.2) is 0 Å². The SMILES string of the molecule is CCCNC(CC(C)(C)C)c1cc2c(cc1Cl)NC(=O)C2. The van der Waals surface area contributed by atoms with Crippen LogP contribution in [0.5, 0.6) is 0 Å². The molecule has 0 spiro atoms. The molecule has 1 aliphatic rings. The fraction of sp³-hybridized carbons (Fsp3) is 0.588. The third-order valence-corrected chi connectivity index (χ3v) is 4.01. The number of nitrogens with one attached hydrogen (secondary N) is 2. The van der Waals surface area contributed by atoms with Crippen molar-refractivity contribution in [1.82, 2.24) is 5.32 Å². The summed E-state index contributed by atoms with van der Waals surface area (Å²) >= 11 is 6.47. The van der Waals surface area contributed by atoms with Gasteiger partial charge < -0.3 is 10.6 Å². The molecular weight excluding hydrogens is 284 g/mol. The number of carbonyl (C=O) groups excluding carboxylic acids is 1. The van der Waals surface area contributed by atoms with Gasteiger partial charge in [-0.15, -0.1) is 0 Å². The number of hydrogen-bond donors (Lipinski definition) is 2. The lowest BCUT2D eigenvalue weighted by atomic mass is 9.85. The van der Waals surface area contributed by atoms with Crippen LogP contribution in [-0.2, 0) is 11.2 Å². The number of carbonyl (C=O) groups is 1. The Kier molecular flexibility index (Phi) is 4.95. The Labute approximate surface area is 132 Å². The monoisotopic (exact) mass is 308 g/mol. The van der Waals surface area contributed by atoms with Gasteiger partial charge in [-0.1, -0.05) is 45.4 Å². The summed E-state index contributed by atoms with van der Waals surface area (Å²) < 4.78 is 0. The fourth-order valence-electron chi connectivity index (χ4n) is 2.76. The molecule has 1 amide bonds. The smallest absolute Gasteiger partial charge is 0.228 e. The van der Waals surface area contributed by atoms with Crippen molar-refractivity contribution in [1.29, 1.82) is 0 Å². The second kappa shape index (κ2) is 6.37. The summed E-state index contributed by atoms with van der Waals surface area (Å²) in [6.45, 7) is 9.83. The summed E-state index contributed by atoms with van der Waals surface area (Å²) in [5.74, 6) is 0.0482. The van der Waals surface area contributed by atoms with Gasteiger partial charge in [-0.3, -0.25) is 4.79 Å². The molecule has 2 N–H and O–H groups in total. The van der Waals surface area contributed by atoms with E-state index >= 15 is 0 Å². The molecule has 2 rings (SSSR count). The van der Waals surface area contributed by atoms with Crippen molar-refractivity contribution in [2.24, 2.45) is 5.41 Å². The summed E-state index contributed by atoms with van der Waals surface area (Å²) in [6.07, 6.45) is 2.55. The van der Waals surface area contributed by atoms with Crippen molar-refractivity contribution in [2.75, 3.05) is 11.9 Å². The van der Waals surface area contributed by atoms with E-state index in [9.17, 15) is 4.79 Å². The average molecular weight is 309 g/mol. The standard InChI is InChI=1S/C17H25ClN2O/c1-5-6-19-15(10-17(2,3)4)12-7-11-8-16(21)20-14(11)9-13(12)18/h7,9,15,19H,5-6,8,10H2,1-4H3,(H,20,21). The molecule has 0 bridgehead atoms. The topological polar surface area (TPSA) is 41.1 Å². The third kappa shape index (κ3) is 4.21. The normalized spacial score (nSPS) is 15.8. The Balaban J connectivity index is 2.31. The molecule has 4 heteroatoms. The van der Waals surface area contributed by atoms with Gasteiger partial charge in [0.2, 0.25) is 5.91 Å². The largest absolute Gasteiger partial charge is 0.325 e. The van der Waals surface area contributed by atoms with Crippen LogP contribution >= 0.6 is 11.6 Å². The molecule has 0 radical (unpaired) electrons. The van der Waals surface area contributed by atoms with E-state index in [1.54, 1.807) is 0 Å². The van der Waals surface area contributed by atoms with E-state index in [4.69, 9.17) is 11.6 Å². The van der Waals surface area contributed by atoms with Gasteiger partial charge in [0.15, 0.2) is 0 Å². The number of benzene rings is 1. The van der Waals surface area contributed by atoms with Gasteiger partial charge in [0.1, 0.15) is 0 Å². The van der Waals surface area contributed by atoms with Crippen LogP contribution in [0, 0.1) is 5.41 Å². The first-order valence-electron chi connectivity index (χ1n) is 7.65. The second-order valence-corrected chi connectivity index (χ2v) is 7.43. The van der Waals surface area contributed by atoms with E-state index in [-0.39, 0.29) is 17.4 Å². The molecule has 1 atom stereocenters. The number of rotatable bonds is 5. The van der Waals surface area contributed by atoms with Crippen LogP contribution in [0.15, 0.2) is 12.1 Å². The lowest BCUT2D eigenvalue weighted by Gasteiger charge is -2.28. The molecule has 3 nitrogen and oxygen atoms in total. The van der Waals surface area contributed by atoms with Crippen molar-refractivity contribution >= 4 is 23.2 Å². The van der Waals surface area contributed by atoms with Gasteiger partial charge in [-0.05, 0) is 42.0 Å². The molecule has 21 heavy (non-hydrogen) atoms. The highest BCUT2D eigenvalue weighted by atomic mass is 35.5. The zero-order valence-corrected chi connectivity index (χ0v) is 14.1. The van der Waals surface area contributed by atoms with Crippen LogP contribution in [0.1, 0.15) is 57.7 Å². The lowest BCUT2D eigenvalue weighted by molar-refractivity contribution is -0.115. The zero-order valence-electron chi connectivity index (χ0n) is 13.3. The number of amides is 1. The van der Waals surface area contributed by atoms with Crippen molar-refractivity contribution in [3.8, 4) is 0 Å². The first-order valence-corrected chi connectivity index (χ1v) is 8.03. The Morgan fingerprint density at radius 3 is 2.71 bits per heavy atom. The third-order valence-electron chi connectivity index (χ3n) is 3.68. The maximum absolute atomic E-state index is 11.5. The summed E-state index contributed by atoms with van der Waals surface area (Å²) in [5.41, 5.74) is 3.23. The van der Waals surface area contributed by atoms with Crippen LogP contribution < -0.4 is 10.6 Å². The minimum Gasteiger partial charge on any atom is -0.325 e. The molecule has 0 aromatic heterocycles. The number of fused-ring (bicyclic) bond motifs is 1. The molecule has 116 valence electrons. The van der Waals surface area contributed by atoms with Crippen molar-refractivity contribution in [3.05, 3.63) is 28.3 Å². The molecule has 1 aromatic carbocycles. The van der Waals surface area contributed by atoms with Crippen LogP contribution in [0.4, 0.5) is 5.69 Å². The van der Waals surface area contributed by atoms with Gasteiger partial charge in [-0.2, -0.15) is 0 Å². The van der Waals surface area contributed by atoms with Crippen LogP contribution in [0.2, 0.25) is 5.02 Å². The van der Waals surface area contributed by atoms with E-state index in [0.717, 1.165) is 41.2 Å². The first-order chi connectivity index (χ1) is 9.80. The van der Waals surface area contributed by atoms with Crippen molar-refractivity contribution < 1.29 is 4.79 Å². The quantitative estimate of drug-likeness (QED) is 0.851. The number of halogens is 1. The fourth-order valence-corrected chi connectivity index (χ4v) is 3.05. The second-order valence-electron chi connectivity index (χ2n) is 7.03. The summed E-state index contributed by atoms with van der Waals surface area (Å²) in [7, 11) is 0. The Morgan fingerprint density at radius 1 is 1.38 bits per heavy atom. The van der Waals surface area contributed by atoms with Gasteiger partial charge >= 0.3 is 0 Å². The predicted molar refractivity (Wildman–Crippen MR) is 88.9 cm³/mol. The number of hydrogen-bond acceptors (Lipinski definition) is 2. The molecule has 0 saturated carbocycles. The van der Waals surface area contributed by atoms with Crippen molar-refractivity contribution in [2.45, 2.75) is 53.0 Å². The van der Waals surface area contributed by atoms with Gasteiger partial charge in [0.25, 0.3) is 0 Å². The highest BCUT2D eigenvalue weighted by molar-refractivity contribution is 6.32. The molecule has 1 aliphatic heterocycles. The Bertz CT molecular complexity index is 534. The van der Waals surface area contributed by atoms with Crippen LogP contribution in [0.25, 0.3) is 0 Å². The van der Waals surface area contributed by atoms with E-state index in [2.05, 4.69) is 44.4 Å². The molecule has 0 aliphatic carbocycles. The van der Waals surface area contributed by atoms with Crippen molar-refractivity contribution in [3.63, 3.8) is 0 Å². The van der Waals surface area contributed by atoms with E-state index in [0.29, 0.717) is 6.42 Å². The molecule has 1 aromatic rings. The summed E-state index contributed by atoms with van der Waals surface area (Å²) in [5, 5.41) is 7.18. The molecular formula is C17H25ClN2O.